The number of aryl methyl sites for hydroxylation is 1. The minimum atomic E-state index is -0.385. The Bertz CT molecular complexity index is 992. The first-order valence-electron chi connectivity index (χ1n) is 10.8. The molecule has 0 fully saturated rings. The van der Waals surface area contributed by atoms with E-state index in [4.69, 9.17) is 0 Å². The summed E-state index contributed by atoms with van der Waals surface area (Å²) in [6.07, 6.45) is 4.10. The smallest absolute Gasteiger partial charge is 0.168 e. The molecule has 0 amide bonds. The lowest BCUT2D eigenvalue weighted by molar-refractivity contribution is 0.0858. The number of ketones is 1. The third-order valence-corrected chi connectivity index (χ3v) is 5.48. The van der Waals surface area contributed by atoms with Crippen LogP contribution in [0.25, 0.3) is 22.3 Å². The predicted molar refractivity (Wildman–Crippen MR) is 124 cm³/mol. The van der Waals surface area contributed by atoms with Gasteiger partial charge in [0.2, 0.25) is 0 Å². The van der Waals surface area contributed by atoms with Crippen molar-refractivity contribution in [1.29, 1.82) is 0 Å². The first-order chi connectivity index (χ1) is 14.3. The van der Waals surface area contributed by atoms with Crippen molar-refractivity contribution in [2.24, 2.45) is 5.41 Å². The van der Waals surface area contributed by atoms with Crippen LogP contribution in [0.15, 0.2) is 66.7 Å². The van der Waals surface area contributed by atoms with E-state index < -0.39 is 0 Å². The van der Waals surface area contributed by atoms with Crippen LogP contribution in [0, 0.1) is 11.2 Å². The minimum Gasteiger partial charge on any atom is -0.294 e. The Morgan fingerprint density at radius 1 is 0.767 bits per heavy atom. The van der Waals surface area contributed by atoms with Crippen LogP contribution in [0.2, 0.25) is 0 Å². The number of rotatable bonds is 7. The van der Waals surface area contributed by atoms with Gasteiger partial charge in [-0.05, 0) is 46.7 Å². The highest BCUT2D eigenvalue weighted by Gasteiger charge is 2.22. The second kappa shape index (κ2) is 9.38. The van der Waals surface area contributed by atoms with Crippen LogP contribution in [0.4, 0.5) is 4.39 Å². The van der Waals surface area contributed by atoms with Gasteiger partial charge in [0, 0.05) is 11.0 Å². The summed E-state index contributed by atoms with van der Waals surface area (Å²) in [4.78, 5) is 12.4. The van der Waals surface area contributed by atoms with Gasteiger partial charge < -0.3 is 0 Å². The van der Waals surface area contributed by atoms with E-state index >= 15 is 0 Å². The first-order valence-corrected chi connectivity index (χ1v) is 10.8. The summed E-state index contributed by atoms with van der Waals surface area (Å²) in [5.74, 6) is 0.0244. The van der Waals surface area contributed by atoms with Gasteiger partial charge in [-0.15, -0.1) is 0 Å². The fourth-order valence-corrected chi connectivity index (χ4v) is 3.60. The van der Waals surface area contributed by atoms with Gasteiger partial charge in [-0.1, -0.05) is 101 Å². The van der Waals surface area contributed by atoms with E-state index in [2.05, 4.69) is 6.92 Å². The van der Waals surface area contributed by atoms with Gasteiger partial charge in [-0.3, -0.25) is 4.79 Å². The van der Waals surface area contributed by atoms with Crippen LogP contribution < -0.4 is 0 Å². The molecule has 0 aromatic heterocycles. The second-order valence-corrected chi connectivity index (χ2v) is 9.00. The Morgan fingerprint density at radius 3 is 1.77 bits per heavy atom. The lowest BCUT2D eigenvalue weighted by atomic mass is 9.86. The largest absolute Gasteiger partial charge is 0.294 e. The van der Waals surface area contributed by atoms with Crippen LogP contribution in [-0.4, -0.2) is 5.78 Å². The zero-order valence-electron chi connectivity index (χ0n) is 18.5. The molecule has 0 unspecified atom stereocenters. The third-order valence-electron chi connectivity index (χ3n) is 5.48. The number of Topliss-reactive ketones (excluding diaryl/α,β-unsaturated/α-hetero) is 1. The van der Waals surface area contributed by atoms with Gasteiger partial charge in [-0.25, -0.2) is 4.39 Å². The topological polar surface area (TPSA) is 17.1 Å². The molecule has 3 rings (SSSR count). The molecule has 0 heterocycles. The number of carbonyl (C=O) groups excluding carboxylic acids is 1. The molecule has 0 radical (unpaired) electrons. The first kappa shape index (κ1) is 22.0. The highest BCUT2D eigenvalue weighted by Crippen LogP contribution is 2.28. The van der Waals surface area contributed by atoms with E-state index in [0.29, 0.717) is 0 Å². The Morgan fingerprint density at radius 2 is 1.27 bits per heavy atom. The summed E-state index contributed by atoms with van der Waals surface area (Å²) in [7, 11) is 0. The zero-order valence-corrected chi connectivity index (χ0v) is 18.5. The van der Waals surface area contributed by atoms with Crippen molar-refractivity contribution in [2.45, 2.75) is 53.4 Å². The summed E-state index contributed by atoms with van der Waals surface area (Å²) < 4.78 is 14.5. The second-order valence-electron chi connectivity index (χ2n) is 9.00. The Kier molecular flexibility index (Phi) is 6.87. The molecule has 0 spiro atoms. The number of hydrogen-bond donors (Lipinski definition) is 0. The van der Waals surface area contributed by atoms with E-state index in [0.717, 1.165) is 59.1 Å². The van der Waals surface area contributed by atoms with Gasteiger partial charge in [0.05, 0.1) is 0 Å². The van der Waals surface area contributed by atoms with E-state index in [1.807, 2.05) is 81.4 Å². The van der Waals surface area contributed by atoms with Crippen molar-refractivity contribution >= 4 is 5.78 Å². The van der Waals surface area contributed by atoms with Crippen molar-refractivity contribution in [2.75, 3.05) is 0 Å². The van der Waals surface area contributed by atoms with E-state index in [1.54, 1.807) is 6.07 Å². The zero-order chi connectivity index (χ0) is 21.7. The maximum absolute atomic E-state index is 14.5. The fraction of sp³-hybridized carbons (Fsp3) is 0.321. The van der Waals surface area contributed by atoms with Crippen molar-refractivity contribution < 1.29 is 9.18 Å². The number of carbonyl (C=O) groups is 1. The molecule has 3 aromatic carbocycles. The summed E-state index contributed by atoms with van der Waals surface area (Å²) in [6.45, 7) is 7.95. The molecule has 2 heteroatoms. The minimum absolute atomic E-state index is 0.119. The molecule has 0 saturated carbocycles. The highest BCUT2D eigenvalue weighted by molar-refractivity contribution is 6.00. The van der Waals surface area contributed by atoms with Crippen LogP contribution in [-0.2, 0) is 6.42 Å². The van der Waals surface area contributed by atoms with Gasteiger partial charge in [0.1, 0.15) is 5.82 Å². The summed E-state index contributed by atoms with van der Waals surface area (Å²) >= 11 is 0. The number of halogens is 1. The molecular formula is C28H31FO. The molecule has 0 aliphatic rings. The van der Waals surface area contributed by atoms with Gasteiger partial charge in [0.25, 0.3) is 0 Å². The molecule has 3 aromatic rings. The molecule has 30 heavy (non-hydrogen) atoms. The quantitative estimate of drug-likeness (QED) is 0.288. The Balaban J connectivity index is 1.75. The lowest BCUT2D eigenvalue weighted by Gasteiger charge is -2.16. The average molecular weight is 403 g/mol. The summed E-state index contributed by atoms with van der Waals surface area (Å²) in [6, 6.07) is 21.5. The van der Waals surface area contributed by atoms with Gasteiger partial charge >= 0.3 is 0 Å². The maximum atomic E-state index is 14.5. The van der Waals surface area contributed by atoms with E-state index in [9.17, 15) is 9.18 Å². The standard InChI is InChI=1S/C28H31FO/c1-5-6-7-8-23-15-18-25(19-26(23)29)22-11-9-20(10-12-22)21-13-16-24(17-14-21)27(30)28(2,3)4/h9-19H,5-8H2,1-4H3. The van der Waals surface area contributed by atoms with E-state index in [-0.39, 0.29) is 17.0 Å². The molecule has 0 saturated heterocycles. The van der Waals surface area contributed by atoms with Crippen LogP contribution in [0.5, 0.6) is 0 Å². The molecule has 0 aliphatic carbocycles. The molecule has 0 atom stereocenters. The molecule has 156 valence electrons. The Hall–Kier alpha value is -2.74. The van der Waals surface area contributed by atoms with Crippen molar-refractivity contribution in [1.82, 2.24) is 0 Å². The van der Waals surface area contributed by atoms with Crippen LogP contribution >= 0.6 is 0 Å². The van der Waals surface area contributed by atoms with Crippen molar-refractivity contribution in [3.05, 3.63) is 83.7 Å². The third kappa shape index (κ3) is 5.24. The maximum Gasteiger partial charge on any atom is 0.168 e. The highest BCUT2D eigenvalue weighted by atomic mass is 19.1. The fourth-order valence-electron chi connectivity index (χ4n) is 3.60. The van der Waals surface area contributed by atoms with Gasteiger partial charge in [0.15, 0.2) is 5.78 Å². The molecule has 1 nitrogen and oxygen atoms in total. The van der Waals surface area contributed by atoms with Crippen LogP contribution in [0.3, 0.4) is 0 Å². The van der Waals surface area contributed by atoms with E-state index in [1.165, 1.54) is 0 Å². The predicted octanol–water partition coefficient (Wildman–Crippen LogP) is 8.12. The molecule has 0 N–H and O–H groups in total. The number of hydrogen-bond acceptors (Lipinski definition) is 1. The Labute approximate surface area is 180 Å². The molecular weight excluding hydrogens is 371 g/mol. The number of unbranched alkanes of at least 4 members (excludes halogenated alkanes) is 2. The summed E-state index contributed by atoms with van der Waals surface area (Å²) in [5, 5.41) is 0. The normalized spacial score (nSPS) is 11.5. The van der Waals surface area contributed by atoms with Gasteiger partial charge in [-0.2, -0.15) is 0 Å². The molecule has 0 aliphatic heterocycles. The molecule has 0 bridgehead atoms. The summed E-state index contributed by atoms with van der Waals surface area (Å²) in [5.41, 5.74) is 5.17. The van der Waals surface area contributed by atoms with Crippen molar-refractivity contribution in [3.8, 4) is 22.3 Å². The number of benzene rings is 3. The van der Waals surface area contributed by atoms with Crippen molar-refractivity contribution in [3.63, 3.8) is 0 Å². The SMILES string of the molecule is CCCCCc1ccc(-c2ccc(-c3ccc(C(=O)C(C)(C)C)cc3)cc2)cc1F. The monoisotopic (exact) mass is 402 g/mol. The van der Waals surface area contributed by atoms with Crippen LogP contribution in [0.1, 0.15) is 62.9 Å². The average Bonchev–Trinajstić information content (AvgIpc) is 2.74. The lowest BCUT2D eigenvalue weighted by Crippen LogP contribution is -2.19.